The quantitative estimate of drug-likeness (QED) is 0.569. The van der Waals surface area contributed by atoms with E-state index in [1.54, 1.807) is 0 Å². The molecule has 0 aliphatic carbocycles. The second kappa shape index (κ2) is 6.84. The summed E-state index contributed by atoms with van der Waals surface area (Å²) >= 11 is 6.18. The molecule has 0 amide bonds. The van der Waals surface area contributed by atoms with Crippen LogP contribution in [-0.2, 0) is 6.54 Å². The van der Waals surface area contributed by atoms with Gasteiger partial charge >= 0.3 is 0 Å². The molecular formula is C16H22ClN. The van der Waals surface area contributed by atoms with E-state index in [9.17, 15) is 0 Å². The van der Waals surface area contributed by atoms with Crippen LogP contribution in [-0.4, -0.2) is 4.57 Å². The van der Waals surface area contributed by atoms with Gasteiger partial charge in [-0.15, -0.1) is 0 Å². The number of halogens is 1. The molecule has 2 rings (SSSR count). The molecule has 0 spiro atoms. The smallest absolute Gasteiger partial charge is 0.0499 e. The number of aromatic nitrogens is 1. The van der Waals surface area contributed by atoms with Crippen molar-refractivity contribution >= 4 is 22.5 Å². The topological polar surface area (TPSA) is 4.93 Å². The molecule has 98 valence electrons. The van der Waals surface area contributed by atoms with Crippen LogP contribution in [0.3, 0.4) is 0 Å². The minimum Gasteiger partial charge on any atom is -0.347 e. The lowest BCUT2D eigenvalue weighted by molar-refractivity contribution is 0.565. The summed E-state index contributed by atoms with van der Waals surface area (Å²) in [4.78, 5) is 0. The Morgan fingerprint density at radius 3 is 2.61 bits per heavy atom. The molecule has 0 saturated carbocycles. The highest BCUT2D eigenvalue weighted by Gasteiger charge is 2.03. The average Bonchev–Trinajstić information content (AvgIpc) is 2.79. The number of rotatable bonds is 7. The van der Waals surface area contributed by atoms with Gasteiger partial charge in [0.25, 0.3) is 0 Å². The van der Waals surface area contributed by atoms with Crippen molar-refractivity contribution in [2.45, 2.75) is 52.0 Å². The van der Waals surface area contributed by atoms with E-state index in [-0.39, 0.29) is 0 Å². The number of hydrogen-bond donors (Lipinski definition) is 0. The minimum atomic E-state index is 0.856. The molecule has 0 N–H and O–H groups in total. The lowest BCUT2D eigenvalue weighted by atomic mass is 10.1. The second-order valence-electron chi connectivity index (χ2n) is 4.95. The van der Waals surface area contributed by atoms with Gasteiger partial charge in [0, 0.05) is 28.7 Å². The predicted octanol–water partition coefficient (Wildman–Crippen LogP) is 5.66. The zero-order valence-electron chi connectivity index (χ0n) is 11.2. The van der Waals surface area contributed by atoms with Crippen molar-refractivity contribution in [1.29, 1.82) is 0 Å². The van der Waals surface area contributed by atoms with Crippen LogP contribution in [0.1, 0.15) is 45.4 Å². The van der Waals surface area contributed by atoms with Gasteiger partial charge < -0.3 is 4.57 Å². The maximum Gasteiger partial charge on any atom is 0.0499 e. The lowest BCUT2D eigenvalue weighted by Crippen LogP contribution is -1.95. The van der Waals surface area contributed by atoms with Crippen molar-refractivity contribution in [3.05, 3.63) is 35.5 Å². The molecule has 0 bridgehead atoms. The number of nitrogens with zero attached hydrogens (tertiary/aromatic N) is 1. The van der Waals surface area contributed by atoms with E-state index in [4.69, 9.17) is 11.6 Å². The molecule has 0 aliphatic rings. The van der Waals surface area contributed by atoms with Gasteiger partial charge in [-0.1, -0.05) is 56.7 Å². The Labute approximate surface area is 115 Å². The fraction of sp³-hybridized carbons (Fsp3) is 0.500. The van der Waals surface area contributed by atoms with Crippen molar-refractivity contribution in [2.75, 3.05) is 0 Å². The first-order chi connectivity index (χ1) is 8.83. The summed E-state index contributed by atoms with van der Waals surface area (Å²) < 4.78 is 2.32. The van der Waals surface area contributed by atoms with E-state index in [0.717, 1.165) is 11.6 Å². The Balaban J connectivity index is 1.86. The second-order valence-corrected chi connectivity index (χ2v) is 5.36. The summed E-state index contributed by atoms with van der Waals surface area (Å²) in [5, 5.41) is 2.03. The minimum absolute atomic E-state index is 0.856. The highest BCUT2D eigenvalue weighted by molar-refractivity contribution is 6.35. The summed E-state index contributed by atoms with van der Waals surface area (Å²) in [6.07, 6.45) is 10.2. The van der Waals surface area contributed by atoms with Crippen molar-refractivity contribution in [3.63, 3.8) is 0 Å². The maximum atomic E-state index is 6.18. The standard InChI is InChI=1S/C16H22ClN/c1-2-3-4-5-6-7-12-18-13-11-14-15(17)9-8-10-16(14)18/h8-11,13H,2-7,12H2,1H3. The summed E-state index contributed by atoms with van der Waals surface area (Å²) in [5.74, 6) is 0. The first-order valence-electron chi connectivity index (χ1n) is 7.06. The Morgan fingerprint density at radius 2 is 1.78 bits per heavy atom. The van der Waals surface area contributed by atoms with Crippen LogP contribution in [0.25, 0.3) is 10.9 Å². The molecule has 2 aromatic rings. The third-order valence-electron chi connectivity index (χ3n) is 3.51. The molecule has 0 saturated heterocycles. The van der Waals surface area contributed by atoms with Gasteiger partial charge in [0.15, 0.2) is 0 Å². The summed E-state index contributed by atoms with van der Waals surface area (Å²) in [7, 11) is 0. The molecule has 1 aromatic heterocycles. The van der Waals surface area contributed by atoms with Crippen molar-refractivity contribution in [2.24, 2.45) is 0 Å². The van der Waals surface area contributed by atoms with Gasteiger partial charge in [0.1, 0.15) is 0 Å². The van der Waals surface area contributed by atoms with Gasteiger partial charge in [-0.2, -0.15) is 0 Å². The van der Waals surface area contributed by atoms with Crippen LogP contribution in [0.4, 0.5) is 0 Å². The molecule has 1 nitrogen and oxygen atoms in total. The van der Waals surface area contributed by atoms with Gasteiger partial charge in [-0.3, -0.25) is 0 Å². The summed E-state index contributed by atoms with van der Waals surface area (Å²) in [6, 6.07) is 8.26. The van der Waals surface area contributed by atoms with Gasteiger partial charge in [0.2, 0.25) is 0 Å². The summed E-state index contributed by atoms with van der Waals surface area (Å²) in [6.45, 7) is 3.37. The highest BCUT2D eigenvalue weighted by Crippen LogP contribution is 2.24. The molecule has 0 fully saturated rings. The Bertz CT molecular complexity index is 487. The zero-order chi connectivity index (χ0) is 12.8. The van der Waals surface area contributed by atoms with Crippen LogP contribution >= 0.6 is 11.6 Å². The fourth-order valence-corrected chi connectivity index (χ4v) is 2.68. The molecule has 1 aromatic carbocycles. The van der Waals surface area contributed by atoms with Crippen LogP contribution < -0.4 is 0 Å². The van der Waals surface area contributed by atoms with Crippen LogP contribution in [0, 0.1) is 0 Å². The van der Waals surface area contributed by atoms with E-state index in [1.807, 2.05) is 12.1 Å². The van der Waals surface area contributed by atoms with E-state index >= 15 is 0 Å². The molecule has 18 heavy (non-hydrogen) atoms. The summed E-state index contributed by atoms with van der Waals surface area (Å²) in [5.41, 5.74) is 1.26. The van der Waals surface area contributed by atoms with Crippen LogP contribution in [0.2, 0.25) is 5.02 Å². The third-order valence-corrected chi connectivity index (χ3v) is 3.84. The molecule has 1 heterocycles. The first kappa shape index (κ1) is 13.5. The van der Waals surface area contributed by atoms with E-state index in [0.29, 0.717) is 0 Å². The number of benzene rings is 1. The first-order valence-corrected chi connectivity index (χ1v) is 7.44. The Hall–Kier alpha value is -0.950. The predicted molar refractivity (Wildman–Crippen MR) is 80.3 cm³/mol. The van der Waals surface area contributed by atoms with E-state index in [1.165, 1.54) is 49.4 Å². The highest BCUT2D eigenvalue weighted by atomic mass is 35.5. The number of aryl methyl sites for hydroxylation is 1. The largest absolute Gasteiger partial charge is 0.347 e. The van der Waals surface area contributed by atoms with Crippen molar-refractivity contribution < 1.29 is 0 Å². The SMILES string of the molecule is CCCCCCCCn1ccc2c(Cl)cccc21. The average molecular weight is 264 g/mol. The van der Waals surface area contributed by atoms with Crippen molar-refractivity contribution in [3.8, 4) is 0 Å². The van der Waals surface area contributed by atoms with Crippen LogP contribution in [0.15, 0.2) is 30.5 Å². The molecular weight excluding hydrogens is 242 g/mol. The van der Waals surface area contributed by atoms with E-state index in [2.05, 4.69) is 29.8 Å². The van der Waals surface area contributed by atoms with Crippen molar-refractivity contribution in [1.82, 2.24) is 4.57 Å². The van der Waals surface area contributed by atoms with Gasteiger partial charge in [-0.25, -0.2) is 0 Å². The normalized spacial score (nSPS) is 11.2. The van der Waals surface area contributed by atoms with Gasteiger partial charge in [-0.05, 0) is 24.6 Å². The zero-order valence-corrected chi connectivity index (χ0v) is 11.9. The monoisotopic (exact) mass is 263 g/mol. The molecule has 0 aliphatic heterocycles. The molecule has 2 heteroatoms. The van der Waals surface area contributed by atoms with Gasteiger partial charge in [0.05, 0.1) is 0 Å². The fourth-order valence-electron chi connectivity index (χ4n) is 2.44. The number of fused-ring (bicyclic) bond motifs is 1. The van der Waals surface area contributed by atoms with Crippen LogP contribution in [0.5, 0.6) is 0 Å². The lowest BCUT2D eigenvalue weighted by Gasteiger charge is -2.05. The number of unbranched alkanes of at least 4 members (excludes halogenated alkanes) is 5. The Morgan fingerprint density at radius 1 is 1.00 bits per heavy atom. The van der Waals surface area contributed by atoms with E-state index < -0.39 is 0 Å². The molecule has 0 radical (unpaired) electrons. The molecule has 0 atom stereocenters. The Kier molecular flexibility index (Phi) is 5.12. The maximum absolute atomic E-state index is 6.18. The molecule has 0 unspecified atom stereocenters. The number of hydrogen-bond acceptors (Lipinski definition) is 0. The third kappa shape index (κ3) is 3.29.